The fourth-order valence-corrected chi connectivity index (χ4v) is 4.73. The number of hydrogen-bond acceptors (Lipinski definition) is 4. The van der Waals surface area contributed by atoms with Crippen molar-refractivity contribution in [2.45, 2.75) is 37.8 Å². The van der Waals surface area contributed by atoms with Crippen molar-refractivity contribution in [3.63, 3.8) is 0 Å². The van der Waals surface area contributed by atoms with E-state index >= 15 is 0 Å². The van der Waals surface area contributed by atoms with Crippen LogP contribution in [0.25, 0.3) is 11.0 Å². The second kappa shape index (κ2) is 9.79. The minimum absolute atomic E-state index is 0.0262. The first kappa shape index (κ1) is 24.5. The molecule has 0 unspecified atom stereocenters. The van der Waals surface area contributed by atoms with Gasteiger partial charge >= 0.3 is 0 Å². The van der Waals surface area contributed by atoms with Crippen LogP contribution in [0.1, 0.15) is 24.7 Å². The molecule has 10 heteroatoms. The Morgan fingerprint density at radius 1 is 1.06 bits per heavy atom. The Hall–Kier alpha value is -2.13. The summed E-state index contributed by atoms with van der Waals surface area (Å²) < 4.78 is 28.1. The smallest absolute Gasteiger partial charge is 0.242 e. The number of hydrogen-bond donors (Lipinski definition) is 0. The molecule has 2 aromatic carbocycles. The first-order chi connectivity index (χ1) is 15.0. The molecular weight excluding hydrogens is 471 g/mol. The van der Waals surface area contributed by atoms with Gasteiger partial charge in [-0.05, 0) is 42.8 Å². The number of benzene rings is 2. The number of sulfonamides is 1. The van der Waals surface area contributed by atoms with Crippen molar-refractivity contribution in [1.82, 2.24) is 18.8 Å². The number of amides is 1. The molecule has 0 aliphatic carbocycles. The van der Waals surface area contributed by atoms with Gasteiger partial charge in [0, 0.05) is 47.1 Å². The van der Waals surface area contributed by atoms with Crippen molar-refractivity contribution < 1.29 is 13.2 Å². The maximum absolute atomic E-state index is 12.7. The van der Waals surface area contributed by atoms with Crippen molar-refractivity contribution in [3.8, 4) is 0 Å². The van der Waals surface area contributed by atoms with Crippen LogP contribution in [-0.4, -0.2) is 54.2 Å². The average molecular weight is 497 g/mol. The van der Waals surface area contributed by atoms with E-state index in [9.17, 15) is 13.2 Å². The first-order valence-electron chi connectivity index (χ1n) is 10.1. The van der Waals surface area contributed by atoms with Crippen LogP contribution in [0, 0.1) is 0 Å². The van der Waals surface area contributed by atoms with E-state index in [1.807, 2.05) is 17.6 Å². The average Bonchev–Trinajstić information content (AvgIpc) is 3.11. The molecule has 32 heavy (non-hydrogen) atoms. The number of carbonyl (C=O) groups excluding carboxylic acids is 1. The van der Waals surface area contributed by atoms with Crippen molar-refractivity contribution in [1.29, 1.82) is 0 Å². The van der Waals surface area contributed by atoms with Crippen LogP contribution < -0.4 is 0 Å². The molecule has 0 fully saturated rings. The highest BCUT2D eigenvalue weighted by molar-refractivity contribution is 7.89. The minimum Gasteiger partial charge on any atom is -0.341 e. The Labute approximate surface area is 198 Å². The third-order valence-electron chi connectivity index (χ3n) is 5.29. The predicted octanol–water partition coefficient (Wildman–Crippen LogP) is 4.20. The topological polar surface area (TPSA) is 75.5 Å². The molecule has 1 heterocycles. The second-order valence-corrected chi connectivity index (χ2v) is 10.7. The number of imidazole rings is 1. The summed E-state index contributed by atoms with van der Waals surface area (Å²) in [6, 6.07) is 10.2. The summed E-state index contributed by atoms with van der Waals surface area (Å²) in [5.74, 6) is 0.722. The molecule has 0 saturated heterocycles. The van der Waals surface area contributed by atoms with Crippen LogP contribution in [0.4, 0.5) is 0 Å². The lowest BCUT2D eigenvalue weighted by Crippen LogP contribution is -2.26. The third kappa shape index (κ3) is 5.09. The Kier molecular flexibility index (Phi) is 7.50. The number of carbonyl (C=O) groups is 1. The molecule has 0 N–H and O–H groups in total. The van der Waals surface area contributed by atoms with Crippen molar-refractivity contribution in [3.05, 3.63) is 57.8 Å². The molecule has 0 saturated carbocycles. The fourth-order valence-electron chi connectivity index (χ4n) is 3.48. The molecule has 172 valence electrons. The van der Waals surface area contributed by atoms with E-state index < -0.39 is 10.0 Å². The van der Waals surface area contributed by atoms with Crippen LogP contribution in [0.2, 0.25) is 10.0 Å². The largest absolute Gasteiger partial charge is 0.341 e. The number of fused-ring (bicyclic) bond motifs is 1. The van der Waals surface area contributed by atoms with Crippen LogP contribution in [0.15, 0.2) is 41.3 Å². The molecule has 7 nitrogen and oxygen atoms in total. The molecule has 0 spiro atoms. The van der Waals surface area contributed by atoms with E-state index in [4.69, 9.17) is 23.2 Å². The van der Waals surface area contributed by atoms with Crippen molar-refractivity contribution in [2.75, 3.05) is 21.1 Å². The van der Waals surface area contributed by atoms with Gasteiger partial charge in [-0.2, -0.15) is 0 Å². The van der Waals surface area contributed by atoms with Crippen molar-refractivity contribution >= 4 is 50.2 Å². The number of rotatable bonds is 8. The molecule has 0 aliphatic heterocycles. The van der Waals surface area contributed by atoms with E-state index in [-0.39, 0.29) is 17.2 Å². The SMILES string of the molecule is CCn1c(CCC(=O)N(C)Cc2ccc(Cl)c(Cl)c2)nc2cc(S(=O)(=O)N(C)C)ccc21. The summed E-state index contributed by atoms with van der Waals surface area (Å²) in [4.78, 5) is 19.2. The Bertz CT molecular complexity index is 1260. The minimum atomic E-state index is -3.55. The highest BCUT2D eigenvalue weighted by Crippen LogP contribution is 2.24. The van der Waals surface area contributed by atoms with Crippen molar-refractivity contribution in [2.24, 2.45) is 0 Å². The number of aromatic nitrogens is 2. The van der Waals surface area contributed by atoms with Gasteiger partial charge in [0.15, 0.2) is 0 Å². The van der Waals surface area contributed by atoms with Crippen LogP contribution in [0.3, 0.4) is 0 Å². The standard InChI is InChI=1S/C22H26Cl2N4O3S/c1-5-28-20-9-7-16(32(30,31)26(2)3)13-19(20)25-21(28)10-11-22(29)27(4)14-15-6-8-17(23)18(24)12-15/h6-9,12-13H,5,10-11,14H2,1-4H3. The predicted molar refractivity (Wildman–Crippen MR) is 128 cm³/mol. The quantitative estimate of drug-likeness (QED) is 0.468. The second-order valence-electron chi connectivity index (χ2n) is 7.71. The molecule has 0 atom stereocenters. The fraction of sp³-hybridized carbons (Fsp3) is 0.364. The van der Waals surface area contributed by atoms with Gasteiger partial charge in [0.05, 0.1) is 26.0 Å². The summed E-state index contributed by atoms with van der Waals surface area (Å²) >= 11 is 12.0. The van der Waals surface area contributed by atoms with Gasteiger partial charge in [-0.1, -0.05) is 29.3 Å². The molecule has 1 amide bonds. The summed E-state index contributed by atoms with van der Waals surface area (Å²) in [7, 11) is 1.19. The number of aryl methyl sites for hydroxylation is 2. The van der Waals surface area contributed by atoms with E-state index in [1.54, 1.807) is 42.3 Å². The highest BCUT2D eigenvalue weighted by Gasteiger charge is 2.20. The molecule has 3 aromatic rings. The summed E-state index contributed by atoms with van der Waals surface area (Å²) in [5.41, 5.74) is 2.34. The van der Waals surface area contributed by atoms with E-state index in [0.717, 1.165) is 16.9 Å². The maximum atomic E-state index is 12.7. The molecule has 0 bridgehead atoms. The van der Waals surface area contributed by atoms with E-state index in [1.165, 1.54) is 18.4 Å². The Morgan fingerprint density at radius 3 is 2.41 bits per heavy atom. The van der Waals surface area contributed by atoms with Gasteiger partial charge < -0.3 is 9.47 Å². The van der Waals surface area contributed by atoms with Gasteiger partial charge in [-0.15, -0.1) is 0 Å². The maximum Gasteiger partial charge on any atom is 0.242 e. The molecular formula is C22H26Cl2N4O3S. The zero-order valence-corrected chi connectivity index (χ0v) is 20.8. The van der Waals surface area contributed by atoms with Crippen LogP contribution >= 0.6 is 23.2 Å². The lowest BCUT2D eigenvalue weighted by molar-refractivity contribution is -0.130. The van der Waals surface area contributed by atoms with E-state index in [0.29, 0.717) is 35.1 Å². The van der Waals surface area contributed by atoms with Gasteiger partial charge in [0.1, 0.15) is 5.82 Å². The number of halogens is 2. The van der Waals surface area contributed by atoms with Gasteiger partial charge in [-0.25, -0.2) is 17.7 Å². The van der Waals surface area contributed by atoms with Crippen LogP contribution in [-0.2, 0) is 34.3 Å². The molecule has 0 radical (unpaired) electrons. The van der Waals surface area contributed by atoms with Gasteiger partial charge in [0.2, 0.25) is 15.9 Å². The highest BCUT2D eigenvalue weighted by atomic mass is 35.5. The summed E-state index contributed by atoms with van der Waals surface area (Å²) in [5, 5.41) is 0.932. The van der Waals surface area contributed by atoms with Gasteiger partial charge in [0.25, 0.3) is 0 Å². The summed E-state index contributed by atoms with van der Waals surface area (Å²) in [6.07, 6.45) is 0.729. The number of nitrogens with zero attached hydrogens (tertiary/aromatic N) is 4. The lowest BCUT2D eigenvalue weighted by Gasteiger charge is -2.17. The molecule has 3 rings (SSSR count). The normalized spacial score (nSPS) is 12.0. The zero-order valence-electron chi connectivity index (χ0n) is 18.5. The van der Waals surface area contributed by atoms with Gasteiger partial charge in [-0.3, -0.25) is 4.79 Å². The third-order valence-corrected chi connectivity index (χ3v) is 7.84. The Balaban J connectivity index is 1.76. The first-order valence-corrected chi connectivity index (χ1v) is 12.3. The van der Waals surface area contributed by atoms with E-state index in [2.05, 4.69) is 4.98 Å². The summed E-state index contributed by atoms with van der Waals surface area (Å²) in [6.45, 7) is 3.08. The van der Waals surface area contributed by atoms with Crippen LogP contribution in [0.5, 0.6) is 0 Å². The Morgan fingerprint density at radius 2 is 1.78 bits per heavy atom. The molecule has 1 aromatic heterocycles. The zero-order chi connectivity index (χ0) is 23.6. The monoisotopic (exact) mass is 496 g/mol. The molecule has 0 aliphatic rings. The lowest BCUT2D eigenvalue weighted by atomic mass is 10.2.